The average Bonchev–Trinajstić information content (AvgIpc) is 2.73. The summed E-state index contributed by atoms with van der Waals surface area (Å²) in [5.41, 5.74) is 1.29. The first-order chi connectivity index (χ1) is 13.3. The molecular formula is C24H21PS2. The van der Waals surface area contributed by atoms with E-state index in [4.69, 9.17) is 18.6 Å². The van der Waals surface area contributed by atoms with Gasteiger partial charge in [-0.25, -0.2) is 0 Å². The fourth-order valence-electron chi connectivity index (χ4n) is 2.86. The Balaban J connectivity index is 1.90. The Morgan fingerprint density at radius 1 is 0.852 bits per heavy atom. The maximum absolute atomic E-state index is 6.01. The molecule has 0 aromatic heterocycles. The van der Waals surface area contributed by atoms with Crippen molar-refractivity contribution < 1.29 is 0 Å². The lowest BCUT2D eigenvalue weighted by atomic mass is 10.1. The van der Waals surface area contributed by atoms with Crippen LogP contribution in [0.3, 0.4) is 0 Å². The summed E-state index contributed by atoms with van der Waals surface area (Å²) in [5, 5.41) is 2.87. The standard InChI is InChI=1S/C24H21PS2/c1-2-3-19-23(20-13-7-4-8-14-20)27-24(26)25(21-15-9-5-10-16-21)22-17-11-6-12-18-22/h1,4-18,23H,3,19H2. The normalized spacial score (nSPS) is 11.7. The minimum absolute atomic E-state index is 0.284. The molecule has 134 valence electrons. The van der Waals surface area contributed by atoms with Gasteiger partial charge in [-0.3, -0.25) is 0 Å². The third-order valence-electron chi connectivity index (χ3n) is 4.18. The minimum Gasteiger partial charge on any atom is -0.120 e. The maximum Gasteiger partial charge on any atom is 0.0804 e. The third kappa shape index (κ3) is 5.53. The molecule has 0 fully saturated rings. The predicted octanol–water partition coefficient (Wildman–Crippen LogP) is 6.29. The van der Waals surface area contributed by atoms with Crippen molar-refractivity contribution >= 4 is 46.4 Å². The summed E-state index contributed by atoms with van der Waals surface area (Å²) in [4.78, 5) is 0. The highest BCUT2D eigenvalue weighted by molar-refractivity contribution is 8.37. The van der Waals surface area contributed by atoms with E-state index in [0.717, 1.165) is 16.8 Å². The molecule has 0 aliphatic heterocycles. The lowest BCUT2D eigenvalue weighted by Crippen LogP contribution is -2.16. The molecule has 0 amide bonds. The molecule has 3 rings (SSSR count). The van der Waals surface area contributed by atoms with Crippen LogP contribution in [0.2, 0.25) is 0 Å². The van der Waals surface area contributed by atoms with Crippen molar-refractivity contribution in [1.82, 2.24) is 0 Å². The summed E-state index contributed by atoms with van der Waals surface area (Å²) in [5.74, 6) is 2.78. The molecule has 0 aliphatic rings. The van der Waals surface area contributed by atoms with E-state index in [-0.39, 0.29) is 5.25 Å². The molecule has 0 bridgehead atoms. The van der Waals surface area contributed by atoms with Gasteiger partial charge in [0.05, 0.1) is 3.94 Å². The second kappa shape index (κ2) is 10.4. The van der Waals surface area contributed by atoms with Gasteiger partial charge in [0.1, 0.15) is 0 Å². The molecule has 0 saturated heterocycles. The van der Waals surface area contributed by atoms with Crippen molar-refractivity contribution in [2.45, 2.75) is 18.1 Å². The fraction of sp³-hybridized carbons (Fsp3) is 0.125. The number of thioether (sulfide) groups is 1. The Morgan fingerprint density at radius 2 is 1.33 bits per heavy atom. The monoisotopic (exact) mass is 404 g/mol. The minimum atomic E-state index is -0.707. The first-order valence-corrected chi connectivity index (χ1v) is 11.5. The Morgan fingerprint density at radius 3 is 1.81 bits per heavy atom. The van der Waals surface area contributed by atoms with E-state index in [0.29, 0.717) is 0 Å². The van der Waals surface area contributed by atoms with Crippen LogP contribution in [0.1, 0.15) is 23.7 Å². The number of terminal acetylenes is 1. The molecule has 0 aliphatic carbocycles. The Hall–Kier alpha value is -1.91. The molecule has 0 spiro atoms. The van der Waals surface area contributed by atoms with Crippen LogP contribution in [0.15, 0.2) is 91.0 Å². The van der Waals surface area contributed by atoms with Crippen LogP contribution in [0, 0.1) is 12.3 Å². The van der Waals surface area contributed by atoms with Crippen LogP contribution in [-0.2, 0) is 0 Å². The summed E-state index contributed by atoms with van der Waals surface area (Å²) in [7, 11) is -0.707. The largest absolute Gasteiger partial charge is 0.120 e. The molecule has 0 radical (unpaired) electrons. The van der Waals surface area contributed by atoms with Crippen molar-refractivity contribution in [1.29, 1.82) is 0 Å². The van der Waals surface area contributed by atoms with Crippen molar-refractivity contribution in [2.75, 3.05) is 0 Å². The van der Waals surface area contributed by atoms with E-state index in [1.165, 1.54) is 16.2 Å². The number of benzene rings is 3. The summed E-state index contributed by atoms with van der Waals surface area (Å²) >= 11 is 7.81. The van der Waals surface area contributed by atoms with Gasteiger partial charge in [-0.2, -0.15) is 0 Å². The van der Waals surface area contributed by atoms with Crippen molar-refractivity contribution in [3.8, 4) is 12.3 Å². The first-order valence-electron chi connectivity index (χ1n) is 8.89. The Labute approximate surface area is 173 Å². The lowest BCUT2D eigenvalue weighted by Gasteiger charge is -2.23. The van der Waals surface area contributed by atoms with Crippen LogP contribution in [0.25, 0.3) is 0 Å². The summed E-state index contributed by atoms with van der Waals surface area (Å²) in [6, 6.07) is 31.8. The average molecular weight is 405 g/mol. The zero-order valence-corrected chi connectivity index (χ0v) is 17.5. The fourth-order valence-corrected chi connectivity index (χ4v) is 7.71. The molecule has 3 aromatic carbocycles. The van der Waals surface area contributed by atoms with Gasteiger partial charge in [0.15, 0.2) is 0 Å². The van der Waals surface area contributed by atoms with Gasteiger partial charge in [0.25, 0.3) is 0 Å². The Bertz CT molecular complexity index is 846. The SMILES string of the molecule is C#CCCC(SC(=S)P(c1ccccc1)c1ccccc1)c1ccccc1. The molecule has 3 aromatic rings. The van der Waals surface area contributed by atoms with E-state index < -0.39 is 7.92 Å². The number of rotatable bonds is 7. The number of thiocarbonyl (C=S) groups is 1. The van der Waals surface area contributed by atoms with E-state index >= 15 is 0 Å². The second-order valence-electron chi connectivity index (χ2n) is 6.03. The quantitative estimate of drug-likeness (QED) is 0.258. The Kier molecular flexibility index (Phi) is 7.66. The van der Waals surface area contributed by atoms with Crippen LogP contribution >= 0.6 is 31.9 Å². The molecule has 3 heteroatoms. The maximum atomic E-state index is 6.01. The second-order valence-corrected chi connectivity index (χ2v) is 10.7. The van der Waals surface area contributed by atoms with Gasteiger partial charge in [-0.05, 0) is 22.6 Å². The van der Waals surface area contributed by atoms with Crippen LogP contribution in [0.4, 0.5) is 0 Å². The van der Waals surface area contributed by atoms with Gasteiger partial charge in [0.2, 0.25) is 0 Å². The van der Waals surface area contributed by atoms with E-state index in [9.17, 15) is 0 Å². The molecule has 0 N–H and O–H groups in total. The van der Waals surface area contributed by atoms with E-state index in [1.807, 2.05) is 6.07 Å². The van der Waals surface area contributed by atoms with Crippen LogP contribution in [0.5, 0.6) is 0 Å². The number of hydrogen-bond donors (Lipinski definition) is 0. The van der Waals surface area contributed by atoms with Crippen molar-refractivity contribution in [2.24, 2.45) is 0 Å². The van der Waals surface area contributed by atoms with Gasteiger partial charge in [0, 0.05) is 19.6 Å². The van der Waals surface area contributed by atoms with E-state index in [1.54, 1.807) is 11.8 Å². The highest BCUT2D eigenvalue weighted by Gasteiger charge is 2.23. The first kappa shape index (κ1) is 19.8. The van der Waals surface area contributed by atoms with Gasteiger partial charge in [-0.1, -0.05) is 103 Å². The van der Waals surface area contributed by atoms with Crippen molar-refractivity contribution in [3.63, 3.8) is 0 Å². The van der Waals surface area contributed by atoms with Gasteiger partial charge < -0.3 is 0 Å². The van der Waals surface area contributed by atoms with E-state index in [2.05, 4.69) is 90.8 Å². The third-order valence-corrected chi connectivity index (χ3v) is 8.87. The van der Waals surface area contributed by atoms with Crippen molar-refractivity contribution in [3.05, 3.63) is 96.6 Å². The van der Waals surface area contributed by atoms with Gasteiger partial charge >= 0.3 is 0 Å². The molecule has 0 saturated carbocycles. The lowest BCUT2D eigenvalue weighted by molar-refractivity contribution is 0.841. The number of hydrogen-bond acceptors (Lipinski definition) is 2. The zero-order valence-electron chi connectivity index (χ0n) is 15.0. The molecule has 0 heterocycles. The summed E-state index contributed by atoms with van der Waals surface area (Å²) in [6.45, 7) is 0. The van der Waals surface area contributed by atoms with Gasteiger partial charge in [-0.15, -0.1) is 24.1 Å². The smallest absolute Gasteiger partial charge is 0.0804 e. The van der Waals surface area contributed by atoms with Crippen LogP contribution < -0.4 is 10.6 Å². The molecule has 1 unspecified atom stereocenters. The summed E-state index contributed by atoms with van der Waals surface area (Å²) in [6.07, 6.45) is 7.22. The molecule has 0 nitrogen and oxygen atoms in total. The predicted molar refractivity (Wildman–Crippen MR) is 127 cm³/mol. The highest BCUT2D eigenvalue weighted by Crippen LogP contribution is 2.46. The molecule has 1 atom stereocenters. The zero-order chi connectivity index (χ0) is 18.9. The molecular weight excluding hydrogens is 383 g/mol. The highest BCUT2D eigenvalue weighted by atomic mass is 32.2. The van der Waals surface area contributed by atoms with Crippen LogP contribution in [-0.4, -0.2) is 3.94 Å². The topological polar surface area (TPSA) is 0 Å². The summed E-state index contributed by atoms with van der Waals surface area (Å²) < 4.78 is 1.05. The molecule has 27 heavy (non-hydrogen) atoms.